The quantitative estimate of drug-likeness (QED) is 0.242. The second-order valence-corrected chi connectivity index (χ2v) is 7.54. The van der Waals surface area contributed by atoms with Crippen molar-refractivity contribution in [2.45, 2.75) is 22.9 Å². The van der Waals surface area contributed by atoms with Crippen LogP contribution in [0.5, 0.6) is 11.8 Å². The molecule has 0 aliphatic heterocycles. The van der Waals surface area contributed by atoms with E-state index < -0.39 is 27.8 Å². The zero-order valence-corrected chi connectivity index (χ0v) is 17.1. The van der Waals surface area contributed by atoms with Crippen molar-refractivity contribution in [3.05, 3.63) is 6.07 Å². The molecule has 0 aromatic carbocycles. The van der Waals surface area contributed by atoms with Crippen LogP contribution in [0.3, 0.4) is 0 Å². The van der Waals surface area contributed by atoms with Crippen LogP contribution in [-0.4, -0.2) is 81.7 Å². The lowest BCUT2D eigenvalue weighted by atomic mass is 10.0. The maximum Gasteiger partial charge on any atom is 0.250 e. The van der Waals surface area contributed by atoms with Gasteiger partial charge in [0, 0.05) is 27.0 Å². The third-order valence-electron chi connectivity index (χ3n) is 3.30. The van der Waals surface area contributed by atoms with Crippen molar-refractivity contribution in [3.8, 4) is 11.8 Å². The zero-order chi connectivity index (χ0) is 19.9. The van der Waals surface area contributed by atoms with E-state index in [1.54, 1.807) is 14.1 Å². The molecule has 148 valence electrons. The highest BCUT2D eigenvalue weighted by molar-refractivity contribution is 8.00. The first kappa shape index (κ1) is 22.6. The number of nitrogens with one attached hydrogen (secondary N) is 1. The monoisotopic (exact) mass is 407 g/mol. The van der Waals surface area contributed by atoms with Gasteiger partial charge in [-0.15, -0.1) is 0 Å². The SMILES string of the molecule is COc1cc(OC)nc(SC(C(=O)NN(C)C)C(C)(CS(=O)[O-])OC)n1. The van der Waals surface area contributed by atoms with Crippen LogP contribution in [-0.2, 0) is 20.6 Å². The molecule has 1 N–H and O–H groups in total. The Hall–Kier alpha value is -1.47. The van der Waals surface area contributed by atoms with Crippen LogP contribution in [0.4, 0.5) is 0 Å². The minimum absolute atomic E-state index is 0.181. The number of hydrogen-bond acceptors (Lipinski definition) is 10. The van der Waals surface area contributed by atoms with Gasteiger partial charge in [0.25, 0.3) is 5.91 Å². The number of aromatic nitrogens is 2. The second kappa shape index (κ2) is 10.0. The number of amides is 1. The molecule has 3 atom stereocenters. The molecule has 0 saturated heterocycles. The van der Waals surface area contributed by atoms with Gasteiger partial charge in [0.15, 0.2) is 5.16 Å². The molecule has 12 heteroatoms. The molecule has 0 saturated carbocycles. The highest BCUT2D eigenvalue weighted by Gasteiger charge is 2.41. The smallest absolute Gasteiger partial charge is 0.250 e. The zero-order valence-electron chi connectivity index (χ0n) is 15.5. The predicted octanol–water partition coefficient (Wildman–Crippen LogP) is -0.168. The minimum Gasteiger partial charge on any atom is -0.772 e. The van der Waals surface area contributed by atoms with Crippen molar-refractivity contribution < 1.29 is 27.8 Å². The van der Waals surface area contributed by atoms with Gasteiger partial charge in [0.05, 0.1) is 25.9 Å². The summed E-state index contributed by atoms with van der Waals surface area (Å²) in [5.74, 6) is -0.348. The molecule has 0 radical (unpaired) electrons. The first-order chi connectivity index (χ1) is 12.1. The Bertz CT molecular complexity index is 626. The van der Waals surface area contributed by atoms with E-state index in [1.165, 1.54) is 39.3 Å². The van der Waals surface area contributed by atoms with Crippen molar-refractivity contribution in [1.82, 2.24) is 20.4 Å². The summed E-state index contributed by atoms with van der Waals surface area (Å²) in [5, 5.41) is 0.664. The Morgan fingerprint density at radius 3 is 2.27 bits per heavy atom. The fourth-order valence-corrected chi connectivity index (χ4v) is 3.90. The maximum atomic E-state index is 12.7. The Morgan fingerprint density at radius 1 is 1.35 bits per heavy atom. The first-order valence-electron chi connectivity index (χ1n) is 7.37. The third-order valence-corrected chi connectivity index (χ3v) is 5.45. The van der Waals surface area contributed by atoms with Crippen molar-refractivity contribution in [2.75, 3.05) is 41.2 Å². The van der Waals surface area contributed by atoms with Gasteiger partial charge in [-0.1, -0.05) is 22.8 Å². The minimum atomic E-state index is -2.43. The molecule has 0 aliphatic rings. The molecule has 1 aromatic rings. The number of methoxy groups -OCH3 is 3. The van der Waals surface area contributed by atoms with Gasteiger partial charge in [-0.2, -0.15) is 9.97 Å². The average Bonchev–Trinajstić information content (AvgIpc) is 2.57. The summed E-state index contributed by atoms with van der Waals surface area (Å²) in [6.07, 6.45) is 0. The van der Waals surface area contributed by atoms with Crippen LogP contribution in [0.25, 0.3) is 0 Å². The van der Waals surface area contributed by atoms with Crippen LogP contribution in [0, 0.1) is 0 Å². The van der Waals surface area contributed by atoms with Crippen LogP contribution in [0.15, 0.2) is 11.2 Å². The number of thioether (sulfide) groups is 1. The topological polar surface area (TPSA) is 126 Å². The number of carbonyl (C=O) groups excluding carboxylic acids is 1. The summed E-state index contributed by atoms with van der Waals surface area (Å²) in [4.78, 5) is 21.0. The summed E-state index contributed by atoms with van der Waals surface area (Å²) < 4.78 is 38.1. The van der Waals surface area contributed by atoms with E-state index in [4.69, 9.17) is 14.2 Å². The highest BCUT2D eigenvalue weighted by atomic mass is 32.2. The molecule has 26 heavy (non-hydrogen) atoms. The molecule has 0 spiro atoms. The summed E-state index contributed by atoms with van der Waals surface area (Å²) in [6, 6.07) is 1.49. The van der Waals surface area contributed by atoms with E-state index in [1.807, 2.05) is 0 Å². The van der Waals surface area contributed by atoms with E-state index in [-0.39, 0.29) is 22.7 Å². The molecular formula is C14H23N4O6S2-. The van der Waals surface area contributed by atoms with Gasteiger partial charge < -0.3 is 18.8 Å². The molecule has 0 bridgehead atoms. The fourth-order valence-electron chi connectivity index (χ4n) is 1.96. The van der Waals surface area contributed by atoms with Crippen molar-refractivity contribution in [3.63, 3.8) is 0 Å². The van der Waals surface area contributed by atoms with Gasteiger partial charge in [0.2, 0.25) is 11.8 Å². The molecule has 1 amide bonds. The predicted molar refractivity (Wildman–Crippen MR) is 95.8 cm³/mol. The van der Waals surface area contributed by atoms with Crippen LogP contribution in [0.1, 0.15) is 6.92 Å². The number of nitrogens with zero attached hydrogens (tertiary/aromatic N) is 3. The van der Waals surface area contributed by atoms with Crippen LogP contribution < -0.4 is 14.9 Å². The van der Waals surface area contributed by atoms with E-state index >= 15 is 0 Å². The Labute approximate surface area is 159 Å². The molecule has 3 unspecified atom stereocenters. The summed E-state index contributed by atoms with van der Waals surface area (Å²) >= 11 is -1.47. The molecule has 0 fully saturated rings. The van der Waals surface area contributed by atoms with Crippen LogP contribution in [0.2, 0.25) is 0 Å². The number of hydrazine groups is 1. The molecule has 0 aliphatic carbocycles. The second-order valence-electron chi connectivity index (χ2n) is 5.57. The summed E-state index contributed by atoms with van der Waals surface area (Å²) in [7, 11) is 7.50. The van der Waals surface area contributed by atoms with Crippen molar-refractivity contribution in [2.24, 2.45) is 0 Å². The molecule has 1 aromatic heterocycles. The van der Waals surface area contributed by atoms with Gasteiger partial charge in [-0.3, -0.25) is 14.4 Å². The molecule has 1 heterocycles. The fraction of sp³-hybridized carbons (Fsp3) is 0.643. The van der Waals surface area contributed by atoms with E-state index in [0.29, 0.717) is 0 Å². The van der Waals surface area contributed by atoms with Crippen molar-refractivity contribution >= 4 is 28.7 Å². The van der Waals surface area contributed by atoms with Gasteiger partial charge in [0.1, 0.15) is 5.25 Å². The first-order valence-corrected chi connectivity index (χ1v) is 9.50. The number of ether oxygens (including phenoxy) is 3. The van der Waals surface area contributed by atoms with Crippen molar-refractivity contribution in [1.29, 1.82) is 0 Å². The Morgan fingerprint density at radius 2 is 1.88 bits per heavy atom. The normalized spacial score (nSPS) is 15.8. The van der Waals surface area contributed by atoms with Crippen LogP contribution >= 0.6 is 11.8 Å². The largest absolute Gasteiger partial charge is 0.772 e. The van der Waals surface area contributed by atoms with E-state index in [0.717, 1.165) is 11.8 Å². The van der Waals surface area contributed by atoms with E-state index in [9.17, 15) is 13.6 Å². The standard InChI is InChI=1S/C14H24N4O6S2/c1-14(24-6,8-26(20)21)11(12(19)17-18(2)3)25-13-15-9(22-4)7-10(16-13)23-5/h7,11H,8H2,1-6H3,(H,17,19)(H,20,21)/p-1. The van der Waals surface area contributed by atoms with Gasteiger partial charge in [-0.25, -0.2) is 5.01 Å². The molecule has 1 rings (SSSR count). The lowest BCUT2D eigenvalue weighted by Crippen LogP contribution is -2.54. The number of rotatable bonds is 10. The van der Waals surface area contributed by atoms with E-state index in [2.05, 4.69) is 15.4 Å². The highest BCUT2D eigenvalue weighted by Crippen LogP contribution is 2.33. The lowest BCUT2D eigenvalue weighted by Gasteiger charge is -2.35. The van der Waals surface area contributed by atoms with Gasteiger partial charge in [-0.05, 0) is 6.92 Å². The lowest BCUT2D eigenvalue weighted by molar-refractivity contribution is -0.128. The Kier molecular flexibility index (Phi) is 8.70. The third kappa shape index (κ3) is 6.36. The molecule has 10 nitrogen and oxygen atoms in total. The Balaban J connectivity index is 3.28. The number of hydrogen-bond donors (Lipinski definition) is 1. The molecular weight excluding hydrogens is 384 g/mol. The van der Waals surface area contributed by atoms with Gasteiger partial charge >= 0.3 is 0 Å². The number of carbonyl (C=O) groups is 1. The average molecular weight is 407 g/mol. The summed E-state index contributed by atoms with van der Waals surface area (Å²) in [5.41, 5.74) is 1.29. The summed E-state index contributed by atoms with van der Waals surface area (Å²) in [6.45, 7) is 1.53. The maximum absolute atomic E-state index is 12.7.